The lowest BCUT2D eigenvalue weighted by molar-refractivity contribution is -0.126. The molecule has 1 saturated heterocycles. The molecule has 0 bridgehead atoms. The zero-order chi connectivity index (χ0) is 22.9. The van der Waals surface area contributed by atoms with Crippen LogP contribution in [-0.2, 0) is 4.79 Å². The molecule has 1 aliphatic heterocycles. The molecule has 0 saturated carbocycles. The van der Waals surface area contributed by atoms with Crippen LogP contribution < -0.4 is 10.3 Å². The SMILES string of the molecule is Cc1ccc2occ(/C=C/C(=O)N3CCN(c4nc5ccccc5nc4C)CC3)c(=O)c2c1. The minimum absolute atomic E-state index is 0.125. The summed E-state index contributed by atoms with van der Waals surface area (Å²) in [5, 5.41) is 0.519. The Kier molecular flexibility index (Phi) is 5.38. The number of benzene rings is 2. The smallest absolute Gasteiger partial charge is 0.246 e. The molecule has 4 aromatic rings. The molecule has 3 heterocycles. The van der Waals surface area contributed by atoms with Crippen LogP contribution in [0.15, 0.2) is 64.0 Å². The van der Waals surface area contributed by atoms with Gasteiger partial charge in [0.05, 0.1) is 27.7 Å². The molecule has 166 valence electrons. The van der Waals surface area contributed by atoms with Crippen LogP contribution in [0.25, 0.3) is 28.1 Å². The molecule has 2 aromatic carbocycles. The van der Waals surface area contributed by atoms with E-state index in [4.69, 9.17) is 9.40 Å². The van der Waals surface area contributed by atoms with Crippen molar-refractivity contribution in [2.75, 3.05) is 31.1 Å². The summed E-state index contributed by atoms with van der Waals surface area (Å²) in [6.07, 6.45) is 4.40. The van der Waals surface area contributed by atoms with Crippen LogP contribution in [0, 0.1) is 13.8 Å². The second-order valence-electron chi connectivity index (χ2n) is 8.29. The molecule has 2 aromatic heterocycles. The Morgan fingerprint density at radius 1 is 1.00 bits per heavy atom. The van der Waals surface area contributed by atoms with E-state index < -0.39 is 0 Å². The summed E-state index contributed by atoms with van der Waals surface area (Å²) in [6, 6.07) is 13.3. The van der Waals surface area contributed by atoms with Crippen LogP contribution in [0.2, 0.25) is 0 Å². The van der Waals surface area contributed by atoms with Crippen LogP contribution in [0.4, 0.5) is 5.82 Å². The molecule has 1 fully saturated rings. The molecule has 0 N–H and O–H groups in total. The zero-order valence-electron chi connectivity index (χ0n) is 18.6. The lowest BCUT2D eigenvalue weighted by Crippen LogP contribution is -2.48. The van der Waals surface area contributed by atoms with Gasteiger partial charge in [0.1, 0.15) is 11.8 Å². The molecule has 5 rings (SSSR count). The van der Waals surface area contributed by atoms with Gasteiger partial charge in [-0.05, 0) is 44.2 Å². The average molecular weight is 441 g/mol. The summed E-state index contributed by atoms with van der Waals surface area (Å²) in [6.45, 7) is 6.38. The third-order valence-corrected chi connectivity index (χ3v) is 5.97. The summed E-state index contributed by atoms with van der Waals surface area (Å²) >= 11 is 0. The second-order valence-corrected chi connectivity index (χ2v) is 8.29. The minimum Gasteiger partial charge on any atom is -0.463 e. The first kappa shape index (κ1) is 20.9. The number of fused-ring (bicyclic) bond motifs is 2. The molecule has 7 nitrogen and oxygen atoms in total. The normalized spacial score (nSPS) is 14.5. The Morgan fingerprint density at radius 3 is 2.48 bits per heavy atom. The van der Waals surface area contributed by atoms with Crippen molar-refractivity contribution >= 4 is 39.8 Å². The molecule has 0 radical (unpaired) electrons. The van der Waals surface area contributed by atoms with Gasteiger partial charge in [-0.2, -0.15) is 0 Å². The van der Waals surface area contributed by atoms with E-state index in [-0.39, 0.29) is 11.3 Å². The van der Waals surface area contributed by atoms with Crippen molar-refractivity contribution < 1.29 is 9.21 Å². The Balaban J connectivity index is 1.28. The number of para-hydroxylation sites is 2. The highest BCUT2D eigenvalue weighted by Gasteiger charge is 2.22. The Bertz CT molecular complexity index is 1450. The summed E-state index contributed by atoms with van der Waals surface area (Å²) in [4.78, 5) is 38.9. The van der Waals surface area contributed by atoms with E-state index in [2.05, 4.69) is 9.88 Å². The first-order chi connectivity index (χ1) is 16.0. The molecule has 0 spiro atoms. The Morgan fingerprint density at radius 2 is 1.73 bits per heavy atom. The van der Waals surface area contributed by atoms with Crippen LogP contribution >= 0.6 is 0 Å². The Labute approximate surface area is 191 Å². The van der Waals surface area contributed by atoms with E-state index in [1.807, 2.05) is 44.2 Å². The fourth-order valence-electron chi connectivity index (χ4n) is 4.16. The molecular weight excluding hydrogens is 416 g/mol. The van der Waals surface area contributed by atoms with E-state index in [0.29, 0.717) is 42.7 Å². The van der Waals surface area contributed by atoms with Crippen molar-refractivity contribution in [1.29, 1.82) is 0 Å². The van der Waals surface area contributed by atoms with E-state index in [1.165, 1.54) is 12.3 Å². The number of aryl methyl sites for hydroxylation is 2. The number of carbonyl (C=O) groups excluding carboxylic acids is 1. The van der Waals surface area contributed by atoms with E-state index in [1.54, 1.807) is 23.1 Å². The number of anilines is 1. The van der Waals surface area contributed by atoms with Gasteiger partial charge in [0.2, 0.25) is 5.91 Å². The number of aromatic nitrogens is 2. The van der Waals surface area contributed by atoms with Gasteiger partial charge in [0, 0.05) is 32.3 Å². The van der Waals surface area contributed by atoms with Crippen molar-refractivity contribution in [2.45, 2.75) is 13.8 Å². The third-order valence-electron chi connectivity index (χ3n) is 5.97. The maximum atomic E-state index is 12.7. The lowest BCUT2D eigenvalue weighted by atomic mass is 10.1. The highest BCUT2D eigenvalue weighted by atomic mass is 16.3. The number of hydrogen-bond acceptors (Lipinski definition) is 6. The van der Waals surface area contributed by atoms with Crippen LogP contribution in [0.1, 0.15) is 16.8 Å². The highest BCUT2D eigenvalue weighted by Crippen LogP contribution is 2.21. The first-order valence-electron chi connectivity index (χ1n) is 11.0. The van der Waals surface area contributed by atoms with Crippen molar-refractivity contribution in [3.63, 3.8) is 0 Å². The van der Waals surface area contributed by atoms with Crippen LogP contribution in [-0.4, -0.2) is 47.0 Å². The first-order valence-corrected chi connectivity index (χ1v) is 11.0. The molecular formula is C26H24N4O3. The quantitative estimate of drug-likeness (QED) is 0.452. The second kappa shape index (κ2) is 8.50. The Hall–Kier alpha value is -4.00. The average Bonchev–Trinajstić information content (AvgIpc) is 2.83. The van der Waals surface area contributed by atoms with Gasteiger partial charge in [-0.3, -0.25) is 9.59 Å². The predicted octanol–water partition coefficient (Wildman–Crippen LogP) is 3.72. The summed E-state index contributed by atoms with van der Waals surface area (Å²) in [7, 11) is 0. The molecule has 33 heavy (non-hydrogen) atoms. The number of rotatable bonds is 3. The minimum atomic E-state index is -0.140. The van der Waals surface area contributed by atoms with Gasteiger partial charge >= 0.3 is 0 Å². The molecule has 0 atom stereocenters. The van der Waals surface area contributed by atoms with Gasteiger partial charge < -0.3 is 14.2 Å². The van der Waals surface area contributed by atoms with Gasteiger partial charge in [0.15, 0.2) is 11.2 Å². The van der Waals surface area contributed by atoms with E-state index in [0.717, 1.165) is 28.1 Å². The summed E-state index contributed by atoms with van der Waals surface area (Å²) < 4.78 is 5.57. The van der Waals surface area contributed by atoms with E-state index in [9.17, 15) is 9.59 Å². The number of hydrogen-bond donors (Lipinski definition) is 0. The molecule has 1 aliphatic rings. The monoisotopic (exact) mass is 440 g/mol. The maximum absolute atomic E-state index is 12.7. The fraction of sp³-hybridized carbons (Fsp3) is 0.231. The van der Waals surface area contributed by atoms with Gasteiger partial charge in [-0.1, -0.05) is 23.8 Å². The number of carbonyl (C=O) groups is 1. The standard InChI is InChI=1S/C26H24N4O3/c1-17-7-9-23-20(15-17)25(32)19(16-33-23)8-10-24(31)29-11-13-30(14-12-29)26-18(2)27-21-5-3-4-6-22(21)28-26/h3-10,15-16H,11-14H2,1-2H3/b10-8+. The molecule has 1 amide bonds. The largest absolute Gasteiger partial charge is 0.463 e. The van der Waals surface area contributed by atoms with Crippen molar-refractivity contribution in [1.82, 2.24) is 14.9 Å². The van der Waals surface area contributed by atoms with Gasteiger partial charge in [0.25, 0.3) is 0 Å². The highest BCUT2D eigenvalue weighted by molar-refractivity contribution is 5.92. The number of piperazine rings is 1. The molecule has 0 aliphatic carbocycles. The fourth-order valence-corrected chi connectivity index (χ4v) is 4.16. The van der Waals surface area contributed by atoms with E-state index >= 15 is 0 Å². The van der Waals surface area contributed by atoms with Gasteiger partial charge in [-0.15, -0.1) is 0 Å². The van der Waals surface area contributed by atoms with Crippen molar-refractivity contribution in [3.8, 4) is 0 Å². The predicted molar refractivity (Wildman–Crippen MR) is 129 cm³/mol. The topological polar surface area (TPSA) is 79.5 Å². The summed E-state index contributed by atoms with van der Waals surface area (Å²) in [5.74, 6) is 0.736. The van der Waals surface area contributed by atoms with Crippen molar-refractivity contribution in [3.05, 3.63) is 81.8 Å². The van der Waals surface area contributed by atoms with Crippen LogP contribution in [0.3, 0.4) is 0 Å². The molecule has 7 heteroatoms. The summed E-state index contributed by atoms with van der Waals surface area (Å²) in [5.41, 5.74) is 4.37. The lowest BCUT2D eigenvalue weighted by Gasteiger charge is -2.35. The maximum Gasteiger partial charge on any atom is 0.246 e. The van der Waals surface area contributed by atoms with Crippen molar-refractivity contribution in [2.24, 2.45) is 0 Å². The van der Waals surface area contributed by atoms with Gasteiger partial charge in [-0.25, -0.2) is 9.97 Å². The number of nitrogens with zero attached hydrogens (tertiary/aromatic N) is 4. The van der Waals surface area contributed by atoms with Crippen LogP contribution in [0.5, 0.6) is 0 Å². The zero-order valence-corrected chi connectivity index (χ0v) is 18.6. The molecule has 0 unspecified atom stereocenters. The third kappa shape index (κ3) is 4.09. The number of amides is 1.